The van der Waals surface area contributed by atoms with Gasteiger partial charge in [0.25, 0.3) is 5.91 Å². The third-order valence-electron chi connectivity index (χ3n) is 6.28. The van der Waals surface area contributed by atoms with Gasteiger partial charge in [-0.1, -0.05) is 24.3 Å². The number of amides is 1. The summed E-state index contributed by atoms with van der Waals surface area (Å²) in [6, 6.07) is 17.6. The minimum atomic E-state index is -0.751. The lowest BCUT2D eigenvalue weighted by Crippen LogP contribution is -2.42. The van der Waals surface area contributed by atoms with Gasteiger partial charge in [0.05, 0.1) is 29.1 Å². The zero-order valence-electron chi connectivity index (χ0n) is 17.1. The lowest BCUT2D eigenvalue weighted by atomic mass is 9.82. The average Bonchev–Trinajstić information content (AvgIpc) is 3.39. The minimum Gasteiger partial charge on any atom is -0.367 e. The Morgan fingerprint density at radius 2 is 2.00 bits per heavy atom. The van der Waals surface area contributed by atoms with Gasteiger partial charge >= 0.3 is 0 Å². The fraction of sp³-hybridized carbons (Fsp3) is 0.292. The number of fused-ring (bicyclic) bond motifs is 2. The van der Waals surface area contributed by atoms with Gasteiger partial charge in [0.2, 0.25) is 0 Å². The van der Waals surface area contributed by atoms with Crippen molar-refractivity contribution in [2.24, 2.45) is 5.73 Å². The second-order valence-electron chi connectivity index (χ2n) is 8.21. The molecule has 0 saturated carbocycles. The number of hydrogen-bond donors (Lipinski definition) is 1. The molecule has 1 unspecified atom stereocenters. The van der Waals surface area contributed by atoms with E-state index in [2.05, 4.69) is 22.3 Å². The highest BCUT2D eigenvalue weighted by Crippen LogP contribution is 2.49. The first-order valence-corrected chi connectivity index (χ1v) is 10.4. The van der Waals surface area contributed by atoms with Crippen LogP contribution in [-0.2, 0) is 21.7 Å². The van der Waals surface area contributed by atoms with E-state index in [0.717, 1.165) is 54.9 Å². The molecule has 1 atom stereocenters. The van der Waals surface area contributed by atoms with Gasteiger partial charge in [0.15, 0.2) is 6.10 Å². The predicted octanol–water partition coefficient (Wildman–Crippen LogP) is 2.79. The topological polar surface area (TPSA) is 97.2 Å². The fourth-order valence-corrected chi connectivity index (χ4v) is 4.69. The summed E-state index contributed by atoms with van der Waals surface area (Å²) < 4.78 is 8.14. The maximum Gasteiger partial charge on any atom is 0.251 e. The highest BCUT2D eigenvalue weighted by Gasteiger charge is 2.48. The van der Waals surface area contributed by atoms with Gasteiger partial charge in [0.1, 0.15) is 0 Å². The number of rotatable bonds is 4. The van der Waals surface area contributed by atoms with Gasteiger partial charge in [0, 0.05) is 31.4 Å². The zero-order chi connectivity index (χ0) is 21.4. The highest BCUT2D eigenvalue weighted by atomic mass is 16.5. The molecule has 1 spiro atoms. The van der Waals surface area contributed by atoms with Gasteiger partial charge in [-0.3, -0.25) is 9.69 Å². The maximum absolute atomic E-state index is 12.0. The van der Waals surface area contributed by atoms with Crippen LogP contribution in [-0.4, -0.2) is 33.7 Å². The molecule has 1 fully saturated rings. The summed E-state index contributed by atoms with van der Waals surface area (Å²) in [4.78, 5) is 14.3. The van der Waals surface area contributed by atoms with E-state index in [1.165, 1.54) is 0 Å². The van der Waals surface area contributed by atoms with Crippen molar-refractivity contribution in [1.29, 1.82) is 5.26 Å². The Labute approximate surface area is 180 Å². The summed E-state index contributed by atoms with van der Waals surface area (Å²) in [7, 11) is 0. The van der Waals surface area contributed by atoms with Crippen LogP contribution >= 0.6 is 0 Å². The van der Waals surface area contributed by atoms with E-state index in [1.807, 2.05) is 53.3 Å². The van der Waals surface area contributed by atoms with Crippen LogP contribution in [0.4, 0.5) is 0 Å². The van der Waals surface area contributed by atoms with E-state index < -0.39 is 17.6 Å². The van der Waals surface area contributed by atoms with Gasteiger partial charge < -0.3 is 10.5 Å². The average molecular weight is 413 g/mol. The Morgan fingerprint density at radius 3 is 2.71 bits per heavy atom. The fourth-order valence-electron chi connectivity index (χ4n) is 4.69. The molecule has 1 saturated heterocycles. The SMILES string of the molecule is N#Cc1ccc2c(c1)C1(CCN(Cc3cnn(-c4ccccc4)c3)CC1)OC2C(N)=O. The van der Waals surface area contributed by atoms with Crippen molar-refractivity contribution in [2.45, 2.75) is 31.1 Å². The Hall–Kier alpha value is -3.47. The summed E-state index contributed by atoms with van der Waals surface area (Å²) >= 11 is 0. The van der Waals surface area contributed by atoms with Gasteiger partial charge in [-0.05, 0) is 48.2 Å². The number of likely N-dealkylation sites (tertiary alicyclic amines) is 1. The second kappa shape index (κ2) is 7.65. The van der Waals surface area contributed by atoms with Crippen molar-refractivity contribution in [3.8, 4) is 11.8 Å². The lowest BCUT2D eigenvalue weighted by Gasteiger charge is -2.39. The first kappa shape index (κ1) is 19.5. The number of nitriles is 1. The molecule has 156 valence electrons. The van der Waals surface area contributed by atoms with Crippen LogP contribution in [0.5, 0.6) is 0 Å². The normalized spacial score (nSPS) is 19.8. The van der Waals surface area contributed by atoms with E-state index in [4.69, 9.17) is 10.5 Å². The number of piperidine rings is 1. The molecule has 1 aromatic heterocycles. The Balaban J connectivity index is 1.31. The van der Waals surface area contributed by atoms with Crippen LogP contribution < -0.4 is 5.73 Å². The molecule has 2 aliphatic rings. The number of nitrogens with zero attached hydrogens (tertiary/aromatic N) is 4. The molecule has 0 aliphatic carbocycles. The molecular formula is C24H23N5O2. The first-order valence-electron chi connectivity index (χ1n) is 10.4. The first-order chi connectivity index (χ1) is 15.1. The molecule has 3 heterocycles. The van der Waals surface area contributed by atoms with E-state index in [1.54, 1.807) is 6.07 Å². The van der Waals surface area contributed by atoms with E-state index in [0.29, 0.717) is 5.56 Å². The van der Waals surface area contributed by atoms with Crippen molar-refractivity contribution in [3.05, 3.63) is 83.2 Å². The van der Waals surface area contributed by atoms with Gasteiger partial charge in [-0.15, -0.1) is 0 Å². The number of hydrogen-bond acceptors (Lipinski definition) is 5. The minimum absolute atomic E-state index is 0.487. The molecule has 0 bridgehead atoms. The smallest absolute Gasteiger partial charge is 0.251 e. The van der Waals surface area contributed by atoms with Crippen LogP contribution in [0.1, 0.15) is 41.2 Å². The maximum atomic E-state index is 12.0. The molecule has 31 heavy (non-hydrogen) atoms. The van der Waals surface area contributed by atoms with Gasteiger partial charge in [-0.2, -0.15) is 10.4 Å². The van der Waals surface area contributed by atoms with Crippen LogP contribution in [0.25, 0.3) is 5.69 Å². The number of carbonyl (C=O) groups is 1. The lowest BCUT2D eigenvalue weighted by molar-refractivity contribution is -0.148. The van der Waals surface area contributed by atoms with Crippen LogP contribution in [0, 0.1) is 11.3 Å². The molecule has 0 radical (unpaired) electrons. The van der Waals surface area contributed by atoms with Crippen molar-refractivity contribution in [2.75, 3.05) is 13.1 Å². The standard InChI is InChI=1S/C24H23N5O2/c25-13-17-6-7-20-21(12-17)24(31-22(20)23(26)30)8-10-28(11-9-24)15-18-14-27-29(16-18)19-4-2-1-3-5-19/h1-7,12,14,16,22H,8-11,15H2,(H2,26,30). The van der Waals surface area contributed by atoms with E-state index in [9.17, 15) is 10.1 Å². The Kier molecular flexibility index (Phi) is 4.81. The second-order valence-corrected chi connectivity index (χ2v) is 8.21. The predicted molar refractivity (Wildman–Crippen MR) is 114 cm³/mol. The molecule has 3 aromatic rings. The van der Waals surface area contributed by atoms with Crippen molar-refractivity contribution < 1.29 is 9.53 Å². The third-order valence-corrected chi connectivity index (χ3v) is 6.28. The highest BCUT2D eigenvalue weighted by molar-refractivity contribution is 5.82. The summed E-state index contributed by atoms with van der Waals surface area (Å²) in [6.45, 7) is 2.43. The number of benzene rings is 2. The number of carbonyl (C=O) groups excluding carboxylic acids is 1. The molecule has 2 aromatic carbocycles. The number of ether oxygens (including phenoxy) is 1. The third kappa shape index (κ3) is 3.50. The quantitative estimate of drug-likeness (QED) is 0.709. The van der Waals surface area contributed by atoms with Crippen molar-refractivity contribution >= 4 is 5.91 Å². The molecule has 2 N–H and O–H groups in total. The number of aromatic nitrogens is 2. The summed E-state index contributed by atoms with van der Waals surface area (Å²) in [5, 5.41) is 13.8. The summed E-state index contributed by atoms with van der Waals surface area (Å²) in [5.74, 6) is -0.487. The number of nitrogens with two attached hydrogens (primary N) is 1. The molecule has 7 heteroatoms. The van der Waals surface area contributed by atoms with Crippen molar-refractivity contribution in [1.82, 2.24) is 14.7 Å². The number of primary amides is 1. The zero-order valence-corrected chi connectivity index (χ0v) is 17.1. The molecule has 5 rings (SSSR count). The summed E-state index contributed by atoms with van der Waals surface area (Å²) in [6.07, 6.45) is 4.69. The van der Waals surface area contributed by atoms with Crippen LogP contribution in [0.2, 0.25) is 0 Å². The van der Waals surface area contributed by atoms with Gasteiger partial charge in [-0.25, -0.2) is 4.68 Å². The molecular weight excluding hydrogens is 390 g/mol. The number of para-hydroxylation sites is 1. The monoisotopic (exact) mass is 413 g/mol. The largest absolute Gasteiger partial charge is 0.367 e. The van der Waals surface area contributed by atoms with Crippen LogP contribution in [0.3, 0.4) is 0 Å². The Bertz CT molecular complexity index is 1160. The van der Waals surface area contributed by atoms with Crippen molar-refractivity contribution in [3.63, 3.8) is 0 Å². The van der Waals surface area contributed by atoms with Crippen LogP contribution in [0.15, 0.2) is 60.9 Å². The summed E-state index contributed by atoms with van der Waals surface area (Å²) in [5.41, 5.74) is 9.53. The van der Waals surface area contributed by atoms with E-state index in [-0.39, 0.29) is 0 Å². The van der Waals surface area contributed by atoms with E-state index >= 15 is 0 Å². The molecule has 1 amide bonds. The Morgan fingerprint density at radius 1 is 1.23 bits per heavy atom. The molecule has 7 nitrogen and oxygen atoms in total. The molecule has 2 aliphatic heterocycles.